The molecule has 0 saturated carbocycles. The van der Waals surface area contributed by atoms with Crippen molar-refractivity contribution < 1.29 is 17.9 Å². The lowest BCUT2D eigenvalue weighted by atomic mass is 10.2. The maximum atomic E-state index is 11.9. The fourth-order valence-corrected chi connectivity index (χ4v) is 1.57. The van der Waals surface area contributed by atoms with E-state index in [1.54, 1.807) is 0 Å². The first-order chi connectivity index (χ1) is 7.90. The number of halogens is 3. The highest BCUT2D eigenvalue weighted by Crippen LogP contribution is 2.12. The van der Waals surface area contributed by atoms with Crippen molar-refractivity contribution in [3.8, 4) is 0 Å². The van der Waals surface area contributed by atoms with Crippen LogP contribution in [-0.2, 0) is 4.74 Å². The summed E-state index contributed by atoms with van der Waals surface area (Å²) < 4.78 is 41.1. The van der Waals surface area contributed by atoms with E-state index in [-0.39, 0.29) is 6.04 Å². The monoisotopic (exact) mass is 256 g/mol. The molecular formula is C11H23F3N2O. The second kappa shape index (κ2) is 8.72. The molecule has 6 heteroatoms. The maximum Gasteiger partial charge on any atom is 0.401 e. The Morgan fingerprint density at radius 3 is 2.41 bits per heavy atom. The number of ether oxygens (including phenoxy) is 1. The zero-order valence-corrected chi connectivity index (χ0v) is 10.8. The SMILES string of the molecule is CCOCCN(CC)C(C)CNCC(F)(F)F. The van der Waals surface area contributed by atoms with Crippen LogP contribution in [0.3, 0.4) is 0 Å². The average molecular weight is 256 g/mol. The molecule has 0 amide bonds. The average Bonchev–Trinajstić information content (AvgIpc) is 2.22. The Labute approximate surface area is 101 Å². The van der Waals surface area contributed by atoms with Crippen LogP contribution in [-0.4, -0.2) is 56.5 Å². The fraction of sp³-hybridized carbons (Fsp3) is 1.00. The Kier molecular flexibility index (Phi) is 8.55. The molecule has 0 radical (unpaired) electrons. The van der Waals surface area contributed by atoms with Crippen molar-refractivity contribution in [1.82, 2.24) is 10.2 Å². The number of nitrogens with one attached hydrogen (secondary N) is 1. The number of rotatable bonds is 9. The molecule has 17 heavy (non-hydrogen) atoms. The molecule has 0 aliphatic rings. The third-order valence-electron chi connectivity index (χ3n) is 2.52. The van der Waals surface area contributed by atoms with E-state index in [2.05, 4.69) is 10.2 Å². The number of likely N-dealkylation sites (N-methyl/N-ethyl adjacent to an activating group) is 1. The van der Waals surface area contributed by atoms with Crippen molar-refractivity contribution in [3.05, 3.63) is 0 Å². The van der Waals surface area contributed by atoms with Gasteiger partial charge < -0.3 is 10.1 Å². The summed E-state index contributed by atoms with van der Waals surface area (Å²) in [5.41, 5.74) is 0. The van der Waals surface area contributed by atoms with E-state index < -0.39 is 12.7 Å². The van der Waals surface area contributed by atoms with Crippen molar-refractivity contribution in [2.75, 3.05) is 39.4 Å². The van der Waals surface area contributed by atoms with Gasteiger partial charge in [0.15, 0.2) is 0 Å². The summed E-state index contributed by atoms with van der Waals surface area (Å²) in [7, 11) is 0. The van der Waals surface area contributed by atoms with Gasteiger partial charge in [0.05, 0.1) is 13.2 Å². The Morgan fingerprint density at radius 1 is 1.29 bits per heavy atom. The first-order valence-electron chi connectivity index (χ1n) is 6.00. The van der Waals surface area contributed by atoms with Gasteiger partial charge in [0.1, 0.15) is 0 Å². The van der Waals surface area contributed by atoms with Gasteiger partial charge in [0.2, 0.25) is 0 Å². The molecule has 0 heterocycles. The topological polar surface area (TPSA) is 24.5 Å². The quantitative estimate of drug-likeness (QED) is 0.638. The predicted octanol–water partition coefficient (Wildman–Crippen LogP) is 1.89. The van der Waals surface area contributed by atoms with E-state index in [0.717, 1.165) is 13.1 Å². The highest BCUT2D eigenvalue weighted by molar-refractivity contribution is 4.69. The van der Waals surface area contributed by atoms with E-state index >= 15 is 0 Å². The van der Waals surface area contributed by atoms with Gasteiger partial charge in [-0.3, -0.25) is 4.90 Å². The van der Waals surface area contributed by atoms with Crippen LogP contribution in [0, 0.1) is 0 Å². The van der Waals surface area contributed by atoms with Gasteiger partial charge in [-0.05, 0) is 20.4 Å². The van der Waals surface area contributed by atoms with E-state index in [1.807, 2.05) is 20.8 Å². The lowest BCUT2D eigenvalue weighted by Crippen LogP contribution is -2.44. The minimum Gasteiger partial charge on any atom is -0.380 e. The van der Waals surface area contributed by atoms with E-state index in [0.29, 0.717) is 19.8 Å². The second-order valence-corrected chi connectivity index (χ2v) is 3.92. The van der Waals surface area contributed by atoms with Gasteiger partial charge in [-0.25, -0.2) is 0 Å². The molecule has 0 rings (SSSR count). The Balaban J connectivity index is 3.79. The lowest BCUT2D eigenvalue weighted by Gasteiger charge is -2.28. The van der Waals surface area contributed by atoms with E-state index in [4.69, 9.17) is 4.74 Å². The Hall–Kier alpha value is -0.330. The summed E-state index contributed by atoms with van der Waals surface area (Å²) in [5.74, 6) is 0. The van der Waals surface area contributed by atoms with Crippen molar-refractivity contribution in [3.63, 3.8) is 0 Å². The first kappa shape index (κ1) is 16.7. The van der Waals surface area contributed by atoms with Gasteiger partial charge in [-0.2, -0.15) is 13.2 Å². The van der Waals surface area contributed by atoms with Gasteiger partial charge in [0, 0.05) is 25.7 Å². The van der Waals surface area contributed by atoms with Crippen molar-refractivity contribution >= 4 is 0 Å². The van der Waals surface area contributed by atoms with Crippen molar-refractivity contribution in [2.24, 2.45) is 0 Å². The highest BCUT2D eigenvalue weighted by atomic mass is 19.4. The van der Waals surface area contributed by atoms with Crippen LogP contribution in [0.1, 0.15) is 20.8 Å². The van der Waals surface area contributed by atoms with Crippen LogP contribution < -0.4 is 5.32 Å². The molecule has 3 nitrogen and oxygen atoms in total. The molecular weight excluding hydrogens is 233 g/mol. The molecule has 0 aromatic heterocycles. The Bertz CT molecular complexity index is 188. The molecule has 0 aromatic rings. The summed E-state index contributed by atoms with van der Waals surface area (Å²) in [5, 5.41) is 2.42. The van der Waals surface area contributed by atoms with E-state index in [9.17, 15) is 13.2 Å². The normalized spacial score (nSPS) is 14.3. The smallest absolute Gasteiger partial charge is 0.380 e. The zero-order valence-electron chi connectivity index (χ0n) is 10.8. The summed E-state index contributed by atoms with van der Waals surface area (Å²) >= 11 is 0. The molecule has 0 spiro atoms. The molecule has 0 aliphatic heterocycles. The van der Waals surface area contributed by atoms with Crippen molar-refractivity contribution in [2.45, 2.75) is 33.0 Å². The van der Waals surface area contributed by atoms with Crippen LogP contribution in [0.15, 0.2) is 0 Å². The molecule has 1 unspecified atom stereocenters. The Morgan fingerprint density at radius 2 is 1.94 bits per heavy atom. The van der Waals surface area contributed by atoms with Gasteiger partial charge in [-0.15, -0.1) is 0 Å². The van der Waals surface area contributed by atoms with Crippen LogP contribution in [0.2, 0.25) is 0 Å². The van der Waals surface area contributed by atoms with Crippen LogP contribution >= 0.6 is 0 Å². The number of hydrogen-bond acceptors (Lipinski definition) is 3. The highest BCUT2D eigenvalue weighted by Gasteiger charge is 2.26. The molecule has 1 atom stereocenters. The van der Waals surface area contributed by atoms with E-state index in [1.165, 1.54) is 0 Å². The number of hydrogen-bond donors (Lipinski definition) is 1. The van der Waals surface area contributed by atoms with Gasteiger partial charge >= 0.3 is 6.18 Å². The first-order valence-corrected chi connectivity index (χ1v) is 6.00. The van der Waals surface area contributed by atoms with Crippen LogP contribution in [0.4, 0.5) is 13.2 Å². The summed E-state index contributed by atoms with van der Waals surface area (Å²) in [6, 6.07) is 0.0720. The largest absolute Gasteiger partial charge is 0.401 e. The fourth-order valence-electron chi connectivity index (χ4n) is 1.57. The summed E-state index contributed by atoms with van der Waals surface area (Å²) in [4.78, 5) is 2.10. The molecule has 0 fully saturated rings. The van der Waals surface area contributed by atoms with Crippen molar-refractivity contribution in [1.29, 1.82) is 0 Å². The predicted molar refractivity (Wildman–Crippen MR) is 62.1 cm³/mol. The zero-order chi connectivity index (χ0) is 13.3. The minimum atomic E-state index is -4.14. The standard InChI is InChI=1S/C11H23F3N2O/c1-4-16(6-7-17-5-2)10(3)8-15-9-11(12,13)14/h10,15H,4-9H2,1-3H3. The maximum absolute atomic E-state index is 11.9. The van der Waals surface area contributed by atoms with Gasteiger partial charge in [-0.1, -0.05) is 6.92 Å². The second-order valence-electron chi connectivity index (χ2n) is 3.92. The third-order valence-corrected chi connectivity index (χ3v) is 2.52. The number of alkyl halides is 3. The minimum absolute atomic E-state index is 0.0720. The lowest BCUT2D eigenvalue weighted by molar-refractivity contribution is -0.125. The molecule has 0 bridgehead atoms. The van der Waals surface area contributed by atoms with Gasteiger partial charge in [0.25, 0.3) is 0 Å². The molecule has 0 saturated heterocycles. The molecule has 0 aromatic carbocycles. The van der Waals surface area contributed by atoms with Crippen LogP contribution in [0.25, 0.3) is 0 Å². The molecule has 0 aliphatic carbocycles. The molecule has 104 valence electrons. The summed E-state index contributed by atoms with van der Waals surface area (Å²) in [6.07, 6.45) is -4.14. The summed E-state index contributed by atoms with van der Waals surface area (Å²) in [6.45, 7) is 8.07. The third kappa shape index (κ3) is 9.38. The molecule has 1 N–H and O–H groups in total. The van der Waals surface area contributed by atoms with Crippen LogP contribution in [0.5, 0.6) is 0 Å². The number of nitrogens with zero attached hydrogens (tertiary/aromatic N) is 1.